The zero-order valence-corrected chi connectivity index (χ0v) is 14.6. The minimum absolute atomic E-state index is 0.126. The Morgan fingerprint density at radius 3 is 2.62 bits per heavy atom. The molecule has 24 heavy (non-hydrogen) atoms. The van der Waals surface area contributed by atoms with Crippen LogP contribution in [0.15, 0.2) is 29.5 Å². The molecular formula is C16H17Cl2N3O3. The van der Waals surface area contributed by atoms with Crippen molar-refractivity contribution in [3.8, 4) is 0 Å². The number of rotatable bonds is 2. The highest BCUT2D eigenvalue weighted by molar-refractivity contribution is 6.42. The molecule has 0 unspecified atom stereocenters. The number of carbonyl (C=O) groups excluding carboxylic acids is 2. The first kappa shape index (κ1) is 17.1. The molecule has 1 fully saturated rings. The predicted molar refractivity (Wildman–Crippen MR) is 91.0 cm³/mol. The third-order valence-electron chi connectivity index (χ3n) is 4.07. The second-order valence-electron chi connectivity index (χ2n) is 5.65. The Morgan fingerprint density at radius 1 is 1.25 bits per heavy atom. The molecule has 0 aromatic heterocycles. The van der Waals surface area contributed by atoms with E-state index >= 15 is 0 Å². The van der Waals surface area contributed by atoms with Crippen molar-refractivity contribution >= 4 is 35.1 Å². The van der Waals surface area contributed by atoms with E-state index in [1.165, 1.54) is 0 Å². The van der Waals surface area contributed by atoms with Gasteiger partial charge in [0, 0.05) is 18.8 Å². The Balaban J connectivity index is 1.98. The van der Waals surface area contributed by atoms with Crippen LogP contribution in [0.1, 0.15) is 18.5 Å². The Bertz CT molecular complexity index is 715. The SMILES string of the molecule is CC1=C(C(=O)N2CCOCC2)[C@@H](c2ccc(Cl)c(Cl)c2)NC(=O)N1. The van der Waals surface area contributed by atoms with Gasteiger partial charge in [-0.3, -0.25) is 4.79 Å². The van der Waals surface area contributed by atoms with E-state index in [1.807, 2.05) is 0 Å². The zero-order valence-electron chi connectivity index (χ0n) is 13.1. The number of allylic oxidation sites excluding steroid dienone is 1. The Labute approximate surface area is 149 Å². The molecule has 2 heterocycles. The van der Waals surface area contributed by atoms with Crippen LogP contribution >= 0.6 is 23.2 Å². The van der Waals surface area contributed by atoms with Crippen molar-refractivity contribution < 1.29 is 14.3 Å². The predicted octanol–water partition coefficient (Wildman–Crippen LogP) is 2.48. The summed E-state index contributed by atoms with van der Waals surface area (Å²) >= 11 is 12.1. The van der Waals surface area contributed by atoms with Gasteiger partial charge in [-0.25, -0.2) is 4.79 Å². The van der Waals surface area contributed by atoms with E-state index in [2.05, 4.69) is 10.6 Å². The van der Waals surface area contributed by atoms with Crippen LogP contribution in [0.2, 0.25) is 10.0 Å². The fraction of sp³-hybridized carbons (Fsp3) is 0.375. The molecule has 3 rings (SSSR count). The van der Waals surface area contributed by atoms with Crippen molar-refractivity contribution in [3.05, 3.63) is 45.1 Å². The van der Waals surface area contributed by atoms with Crippen LogP contribution < -0.4 is 10.6 Å². The molecule has 1 aromatic rings. The standard InChI is InChI=1S/C16H17Cl2N3O3/c1-9-13(15(22)21-4-6-24-7-5-21)14(20-16(23)19-9)10-2-3-11(17)12(18)8-10/h2-3,8,14H,4-7H2,1H3,(H2,19,20,23)/t14-/m1/s1. The smallest absolute Gasteiger partial charge is 0.319 e. The number of hydrogen-bond acceptors (Lipinski definition) is 3. The second kappa shape index (κ2) is 7.01. The summed E-state index contributed by atoms with van der Waals surface area (Å²) in [5.41, 5.74) is 1.73. The number of morpholine rings is 1. The molecule has 0 aliphatic carbocycles. The molecule has 1 atom stereocenters. The van der Waals surface area contributed by atoms with Crippen molar-refractivity contribution in [2.75, 3.05) is 26.3 Å². The van der Waals surface area contributed by atoms with Crippen molar-refractivity contribution in [2.45, 2.75) is 13.0 Å². The highest BCUT2D eigenvalue weighted by atomic mass is 35.5. The highest BCUT2D eigenvalue weighted by Gasteiger charge is 2.34. The molecule has 2 aliphatic heterocycles. The molecule has 1 saturated heterocycles. The zero-order chi connectivity index (χ0) is 17.3. The van der Waals surface area contributed by atoms with Crippen molar-refractivity contribution in [1.82, 2.24) is 15.5 Å². The lowest BCUT2D eigenvalue weighted by molar-refractivity contribution is -0.131. The molecule has 0 bridgehead atoms. The average molecular weight is 370 g/mol. The van der Waals surface area contributed by atoms with Crippen LogP contribution in [0, 0.1) is 0 Å². The highest BCUT2D eigenvalue weighted by Crippen LogP contribution is 2.32. The Kier molecular flexibility index (Phi) is 4.99. The molecule has 3 amide bonds. The maximum Gasteiger partial charge on any atom is 0.319 e. The lowest BCUT2D eigenvalue weighted by Gasteiger charge is -2.34. The van der Waals surface area contributed by atoms with E-state index in [1.54, 1.807) is 30.0 Å². The summed E-state index contributed by atoms with van der Waals surface area (Å²) in [5, 5.41) is 6.25. The van der Waals surface area contributed by atoms with Crippen molar-refractivity contribution in [3.63, 3.8) is 0 Å². The number of hydrogen-bond donors (Lipinski definition) is 2. The van der Waals surface area contributed by atoms with Gasteiger partial charge in [0.1, 0.15) is 0 Å². The first-order valence-electron chi connectivity index (χ1n) is 7.57. The molecule has 128 valence electrons. The van der Waals surface area contributed by atoms with Crippen molar-refractivity contribution in [2.24, 2.45) is 0 Å². The summed E-state index contributed by atoms with van der Waals surface area (Å²) < 4.78 is 5.29. The fourth-order valence-corrected chi connectivity index (χ4v) is 3.16. The Morgan fingerprint density at radius 2 is 1.96 bits per heavy atom. The molecular weight excluding hydrogens is 353 g/mol. The molecule has 0 saturated carbocycles. The van der Waals surface area contributed by atoms with Crippen LogP contribution in [0.4, 0.5) is 4.79 Å². The molecule has 8 heteroatoms. The minimum Gasteiger partial charge on any atom is -0.378 e. The fourth-order valence-electron chi connectivity index (χ4n) is 2.86. The number of nitrogens with zero attached hydrogens (tertiary/aromatic N) is 1. The quantitative estimate of drug-likeness (QED) is 0.840. The van der Waals surface area contributed by atoms with E-state index in [-0.39, 0.29) is 11.9 Å². The third-order valence-corrected chi connectivity index (χ3v) is 4.81. The van der Waals surface area contributed by atoms with Gasteiger partial charge < -0.3 is 20.3 Å². The summed E-state index contributed by atoms with van der Waals surface area (Å²) in [5.74, 6) is -0.126. The van der Waals surface area contributed by atoms with Gasteiger partial charge in [0.05, 0.1) is 34.9 Å². The number of ether oxygens (including phenoxy) is 1. The van der Waals surface area contributed by atoms with E-state index in [0.29, 0.717) is 53.2 Å². The van der Waals surface area contributed by atoms with E-state index in [0.717, 1.165) is 0 Å². The van der Waals surface area contributed by atoms with Crippen LogP contribution in [-0.2, 0) is 9.53 Å². The van der Waals surface area contributed by atoms with Crippen LogP contribution in [0.5, 0.6) is 0 Å². The van der Waals surface area contributed by atoms with Crippen LogP contribution in [-0.4, -0.2) is 43.1 Å². The lowest BCUT2D eigenvalue weighted by Crippen LogP contribution is -2.49. The number of nitrogens with one attached hydrogen (secondary N) is 2. The normalized spacial score (nSPS) is 21.4. The van der Waals surface area contributed by atoms with Gasteiger partial charge in [0.2, 0.25) is 0 Å². The molecule has 0 radical (unpaired) electrons. The third kappa shape index (κ3) is 3.36. The maximum absolute atomic E-state index is 13.0. The van der Waals surface area contributed by atoms with Gasteiger partial charge in [0.25, 0.3) is 5.91 Å². The monoisotopic (exact) mass is 369 g/mol. The molecule has 2 aliphatic rings. The van der Waals surface area contributed by atoms with Crippen LogP contribution in [0.3, 0.4) is 0 Å². The van der Waals surface area contributed by atoms with Gasteiger partial charge >= 0.3 is 6.03 Å². The number of benzene rings is 1. The van der Waals surface area contributed by atoms with Crippen LogP contribution in [0.25, 0.3) is 0 Å². The topological polar surface area (TPSA) is 70.7 Å². The van der Waals surface area contributed by atoms with Gasteiger partial charge in [-0.15, -0.1) is 0 Å². The molecule has 6 nitrogen and oxygen atoms in total. The Hall–Kier alpha value is -1.76. The summed E-state index contributed by atoms with van der Waals surface area (Å²) in [6, 6.07) is 4.13. The second-order valence-corrected chi connectivity index (χ2v) is 6.46. The first-order valence-corrected chi connectivity index (χ1v) is 8.33. The summed E-state index contributed by atoms with van der Waals surface area (Å²) in [4.78, 5) is 26.6. The van der Waals surface area contributed by atoms with E-state index in [9.17, 15) is 9.59 Å². The number of urea groups is 1. The van der Waals surface area contributed by atoms with Gasteiger partial charge in [0.15, 0.2) is 0 Å². The summed E-state index contributed by atoms with van der Waals surface area (Å²) in [6.07, 6.45) is 0. The largest absolute Gasteiger partial charge is 0.378 e. The summed E-state index contributed by atoms with van der Waals surface area (Å²) in [7, 11) is 0. The van der Waals surface area contributed by atoms with Gasteiger partial charge in [-0.2, -0.15) is 0 Å². The molecule has 2 N–H and O–H groups in total. The minimum atomic E-state index is -0.580. The summed E-state index contributed by atoms with van der Waals surface area (Å²) in [6.45, 7) is 3.79. The number of halogens is 2. The number of carbonyl (C=O) groups is 2. The maximum atomic E-state index is 13.0. The number of amides is 3. The van der Waals surface area contributed by atoms with E-state index < -0.39 is 6.04 Å². The molecule has 1 aromatic carbocycles. The molecule has 0 spiro atoms. The average Bonchev–Trinajstić information content (AvgIpc) is 2.57. The van der Waals surface area contributed by atoms with Gasteiger partial charge in [-0.1, -0.05) is 29.3 Å². The van der Waals surface area contributed by atoms with Gasteiger partial charge in [-0.05, 0) is 24.6 Å². The van der Waals surface area contributed by atoms with E-state index in [4.69, 9.17) is 27.9 Å². The van der Waals surface area contributed by atoms with Crippen molar-refractivity contribution in [1.29, 1.82) is 0 Å². The lowest BCUT2D eigenvalue weighted by atomic mass is 9.94. The first-order chi connectivity index (χ1) is 11.5.